The van der Waals surface area contributed by atoms with Crippen LogP contribution in [0.2, 0.25) is 0 Å². The number of nitrogens with one attached hydrogen (secondary N) is 2. The summed E-state index contributed by atoms with van der Waals surface area (Å²) in [6.45, 7) is 2.96. The zero-order chi connectivity index (χ0) is 20.9. The first kappa shape index (κ1) is 20.8. The second kappa shape index (κ2) is 9.03. The van der Waals surface area contributed by atoms with Crippen molar-refractivity contribution in [3.05, 3.63) is 59.6 Å². The number of amides is 2. The number of ether oxygens (including phenoxy) is 1. The number of sulfonamides is 1. The minimum absolute atomic E-state index is 0.00598. The Kier molecular flexibility index (Phi) is 6.47. The molecular formula is C19H21N3O6S. The van der Waals surface area contributed by atoms with Gasteiger partial charge >= 0.3 is 0 Å². The number of hydrogen-bond donors (Lipinski definition) is 2. The van der Waals surface area contributed by atoms with E-state index >= 15 is 0 Å². The van der Waals surface area contributed by atoms with Crippen LogP contribution in [0.1, 0.15) is 21.9 Å². The van der Waals surface area contributed by atoms with E-state index in [0.29, 0.717) is 24.7 Å². The van der Waals surface area contributed by atoms with Crippen molar-refractivity contribution in [1.29, 1.82) is 0 Å². The molecular weight excluding hydrogens is 398 g/mol. The van der Waals surface area contributed by atoms with E-state index in [9.17, 15) is 18.0 Å². The minimum Gasteiger partial charge on any atom is -0.462 e. The molecule has 154 valence electrons. The lowest BCUT2D eigenvalue weighted by atomic mass is 10.2. The molecule has 2 aromatic rings. The second-order valence-electron chi connectivity index (χ2n) is 6.27. The lowest BCUT2D eigenvalue weighted by molar-refractivity contribution is -0.117. The summed E-state index contributed by atoms with van der Waals surface area (Å²) in [5.74, 6) is 0.0133. The molecule has 1 aliphatic heterocycles. The maximum atomic E-state index is 12.7. The summed E-state index contributed by atoms with van der Waals surface area (Å²) < 4.78 is 37.2. The molecule has 3 rings (SSSR count). The Balaban J connectivity index is 1.61. The van der Waals surface area contributed by atoms with Crippen LogP contribution in [0.15, 0.2) is 51.8 Å². The molecule has 0 saturated carbocycles. The standard InChI is InChI=1S/C19H21N3O6S/c1-14-5-6-16(28-14)7-8-18(23)20-21-19(24)15-3-2-4-17(13-15)29(25,26)22-9-11-27-12-10-22/h2-8,13H,9-12H2,1H3,(H,20,23)(H,21,24). The Morgan fingerprint density at radius 1 is 1.10 bits per heavy atom. The molecule has 1 aliphatic rings. The van der Waals surface area contributed by atoms with Gasteiger partial charge in [0.15, 0.2) is 0 Å². The van der Waals surface area contributed by atoms with E-state index in [4.69, 9.17) is 9.15 Å². The van der Waals surface area contributed by atoms with Crippen LogP contribution in [0.5, 0.6) is 0 Å². The topological polar surface area (TPSA) is 118 Å². The molecule has 0 bridgehead atoms. The highest BCUT2D eigenvalue weighted by molar-refractivity contribution is 7.89. The van der Waals surface area contributed by atoms with Crippen molar-refractivity contribution < 1.29 is 27.2 Å². The second-order valence-corrected chi connectivity index (χ2v) is 8.21. The van der Waals surface area contributed by atoms with Gasteiger partial charge in [-0.25, -0.2) is 8.42 Å². The molecule has 1 aromatic carbocycles. The molecule has 1 fully saturated rings. The summed E-state index contributed by atoms with van der Waals surface area (Å²) in [7, 11) is -3.72. The summed E-state index contributed by atoms with van der Waals surface area (Å²) in [6.07, 6.45) is 2.67. The molecule has 0 radical (unpaired) electrons. The number of nitrogens with zero attached hydrogens (tertiary/aromatic N) is 1. The maximum Gasteiger partial charge on any atom is 0.269 e. The van der Waals surface area contributed by atoms with Gasteiger partial charge in [-0.05, 0) is 43.3 Å². The SMILES string of the molecule is Cc1ccc(C=CC(=O)NNC(=O)c2cccc(S(=O)(=O)N3CCOCC3)c2)o1. The van der Waals surface area contributed by atoms with Crippen LogP contribution in [0.3, 0.4) is 0 Å². The van der Waals surface area contributed by atoms with E-state index in [1.165, 1.54) is 40.7 Å². The number of aryl methyl sites for hydroxylation is 1. The van der Waals surface area contributed by atoms with Crippen LogP contribution in [-0.4, -0.2) is 50.8 Å². The Hall–Kier alpha value is -2.95. The van der Waals surface area contributed by atoms with E-state index in [0.717, 1.165) is 0 Å². The summed E-state index contributed by atoms with van der Waals surface area (Å²) in [5.41, 5.74) is 4.59. The fraction of sp³-hybridized carbons (Fsp3) is 0.263. The van der Waals surface area contributed by atoms with Gasteiger partial charge in [-0.15, -0.1) is 0 Å². The van der Waals surface area contributed by atoms with Crippen molar-refractivity contribution in [2.45, 2.75) is 11.8 Å². The molecule has 9 nitrogen and oxygen atoms in total. The highest BCUT2D eigenvalue weighted by Gasteiger charge is 2.26. The monoisotopic (exact) mass is 419 g/mol. The number of hydrogen-bond acceptors (Lipinski definition) is 6. The molecule has 0 spiro atoms. The van der Waals surface area contributed by atoms with Gasteiger partial charge in [0.1, 0.15) is 11.5 Å². The molecule has 0 aliphatic carbocycles. The first-order chi connectivity index (χ1) is 13.9. The lowest BCUT2D eigenvalue weighted by Crippen LogP contribution is -2.41. The van der Waals surface area contributed by atoms with Crippen LogP contribution in [0.4, 0.5) is 0 Å². The van der Waals surface area contributed by atoms with Gasteiger partial charge in [0.05, 0.1) is 18.1 Å². The summed E-state index contributed by atoms with van der Waals surface area (Å²) >= 11 is 0. The summed E-state index contributed by atoms with van der Waals surface area (Å²) in [6, 6.07) is 9.10. The zero-order valence-corrected chi connectivity index (χ0v) is 16.6. The highest BCUT2D eigenvalue weighted by atomic mass is 32.2. The number of carbonyl (C=O) groups is 2. The quantitative estimate of drug-likeness (QED) is 0.553. The van der Waals surface area contributed by atoms with Gasteiger partial charge in [-0.3, -0.25) is 20.4 Å². The third-order valence-corrected chi connectivity index (χ3v) is 6.06. The highest BCUT2D eigenvalue weighted by Crippen LogP contribution is 2.18. The Morgan fingerprint density at radius 2 is 1.86 bits per heavy atom. The summed E-state index contributed by atoms with van der Waals surface area (Å²) in [4.78, 5) is 24.1. The van der Waals surface area contributed by atoms with Crippen molar-refractivity contribution in [3.8, 4) is 0 Å². The van der Waals surface area contributed by atoms with E-state index in [1.54, 1.807) is 19.1 Å². The number of morpholine rings is 1. The fourth-order valence-corrected chi connectivity index (χ4v) is 4.12. The van der Waals surface area contributed by atoms with Gasteiger partial charge in [-0.2, -0.15) is 4.31 Å². The number of carbonyl (C=O) groups excluding carboxylic acids is 2. The average molecular weight is 419 g/mol. The number of benzene rings is 1. The van der Waals surface area contributed by atoms with Crippen molar-refractivity contribution in [3.63, 3.8) is 0 Å². The molecule has 1 aromatic heterocycles. The summed E-state index contributed by atoms with van der Waals surface area (Å²) in [5, 5.41) is 0. The lowest BCUT2D eigenvalue weighted by Gasteiger charge is -2.26. The molecule has 10 heteroatoms. The third kappa shape index (κ3) is 5.31. The normalized spacial score (nSPS) is 15.3. The molecule has 29 heavy (non-hydrogen) atoms. The van der Waals surface area contributed by atoms with Crippen LogP contribution < -0.4 is 10.9 Å². The Morgan fingerprint density at radius 3 is 2.55 bits per heavy atom. The first-order valence-corrected chi connectivity index (χ1v) is 10.3. The minimum atomic E-state index is -3.72. The van der Waals surface area contributed by atoms with E-state index in [1.807, 2.05) is 0 Å². The maximum absolute atomic E-state index is 12.7. The first-order valence-electron chi connectivity index (χ1n) is 8.89. The van der Waals surface area contributed by atoms with Crippen molar-refractivity contribution in [2.75, 3.05) is 26.3 Å². The van der Waals surface area contributed by atoms with E-state index < -0.39 is 21.8 Å². The zero-order valence-electron chi connectivity index (χ0n) is 15.8. The van der Waals surface area contributed by atoms with Crippen molar-refractivity contribution in [1.82, 2.24) is 15.2 Å². The Bertz CT molecular complexity index is 1020. The third-order valence-electron chi connectivity index (χ3n) is 4.16. The van der Waals surface area contributed by atoms with Crippen molar-refractivity contribution in [2.24, 2.45) is 0 Å². The van der Waals surface area contributed by atoms with Crippen LogP contribution in [0.25, 0.3) is 6.08 Å². The van der Waals surface area contributed by atoms with E-state index in [2.05, 4.69) is 10.9 Å². The molecule has 0 unspecified atom stereocenters. The van der Waals surface area contributed by atoms with E-state index in [-0.39, 0.29) is 23.5 Å². The molecule has 2 amide bonds. The predicted molar refractivity (Wildman–Crippen MR) is 104 cm³/mol. The molecule has 2 heterocycles. The predicted octanol–water partition coefficient (Wildman–Crippen LogP) is 1.08. The average Bonchev–Trinajstić information content (AvgIpc) is 3.16. The van der Waals surface area contributed by atoms with Gasteiger partial charge < -0.3 is 9.15 Å². The number of rotatable bonds is 5. The number of hydrazine groups is 1. The van der Waals surface area contributed by atoms with Crippen LogP contribution >= 0.6 is 0 Å². The largest absolute Gasteiger partial charge is 0.462 e. The Labute approximate surface area is 168 Å². The van der Waals surface area contributed by atoms with Crippen LogP contribution in [0, 0.1) is 6.92 Å². The molecule has 2 N–H and O–H groups in total. The van der Waals surface area contributed by atoms with Gasteiger partial charge in [0.25, 0.3) is 11.8 Å². The smallest absolute Gasteiger partial charge is 0.269 e. The van der Waals surface area contributed by atoms with Gasteiger partial charge in [0, 0.05) is 24.7 Å². The fourth-order valence-electron chi connectivity index (χ4n) is 2.67. The van der Waals surface area contributed by atoms with Crippen molar-refractivity contribution >= 4 is 27.9 Å². The van der Waals surface area contributed by atoms with Gasteiger partial charge in [0.2, 0.25) is 10.0 Å². The molecule has 1 saturated heterocycles. The van der Waals surface area contributed by atoms with Crippen LogP contribution in [-0.2, 0) is 19.6 Å². The molecule has 0 atom stereocenters. The number of furan rings is 1. The van der Waals surface area contributed by atoms with Gasteiger partial charge in [-0.1, -0.05) is 6.07 Å².